The molecular weight excluding hydrogens is 443 g/mol. The monoisotopic (exact) mass is 459 g/mol. The van der Waals surface area contributed by atoms with Gasteiger partial charge >= 0.3 is 6.18 Å². The third-order valence-electron chi connectivity index (χ3n) is 4.46. The number of aromatic nitrogens is 4. The number of hydrogen-bond acceptors (Lipinski definition) is 6. The lowest BCUT2D eigenvalue weighted by Gasteiger charge is -2.13. The highest BCUT2D eigenvalue weighted by molar-refractivity contribution is 7.99. The Labute approximate surface area is 184 Å². The van der Waals surface area contributed by atoms with Crippen molar-refractivity contribution in [1.82, 2.24) is 19.8 Å². The highest BCUT2D eigenvalue weighted by atomic mass is 32.2. The Bertz CT molecular complexity index is 1280. The largest absolute Gasteiger partial charge is 0.496 e. The Balaban J connectivity index is 1.53. The SMILES string of the molecule is COc1ccccc1-c1ccc2nnc(SCC(=O)Nc3ccccc3C(F)(F)F)n2n1. The molecule has 0 fully saturated rings. The minimum absolute atomic E-state index is 0.173. The molecule has 7 nitrogen and oxygen atoms in total. The van der Waals surface area contributed by atoms with E-state index in [4.69, 9.17) is 4.74 Å². The first-order valence-electron chi connectivity index (χ1n) is 9.31. The highest BCUT2D eigenvalue weighted by Gasteiger charge is 2.33. The zero-order chi connectivity index (χ0) is 22.7. The second-order valence-corrected chi connectivity index (χ2v) is 7.49. The maximum Gasteiger partial charge on any atom is 0.418 e. The molecule has 0 spiro atoms. The van der Waals surface area contributed by atoms with E-state index in [0.717, 1.165) is 23.4 Å². The molecule has 0 aliphatic heterocycles. The van der Waals surface area contributed by atoms with E-state index in [1.165, 1.54) is 22.7 Å². The van der Waals surface area contributed by atoms with Crippen molar-refractivity contribution < 1.29 is 22.7 Å². The summed E-state index contributed by atoms with van der Waals surface area (Å²) < 4.78 is 46.2. The number of fused-ring (bicyclic) bond motifs is 1. The maximum absolute atomic E-state index is 13.1. The fourth-order valence-electron chi connectivity index (χ4n) is 3.01. The smallest absolute Gasteiger partial charge is 0.418 e. The summed E-state index contributed by atoms with van der Waals surface area (Å²) in [6, 6.07) is 15.7. The predicted octanol–water partition coefficient (Wildman–Crippen LogP) is 4.55. The third-order valence-corrected chi connectivity index (χ3v) is 5.38. The van der Waals surface area contributed by atoms with Crippen LogP contribution in [0.3, 0.4) is 0 Å². The Morgan fingerprint density at radius 3 is 2.59 bits per heavy atom. The number of carbonyl (C=O) groups excluding carboxylic acids is 1. The molecule has 0 saturated carbocycles. The van der Waals surface area contributed by atoms with Crippen LogP contribution in [0.1, 0.15) is 5.56 Å². The first-order valence-corrected chi connectivity index (χ1v) is 10.3. The number of alkyl halides is 3. The van der Waals surface area contributed by atoms with Gasteiger partial charge < -0.3 is 10.1 Å². The molecule has 0 atom stereocenters. The van der Waals surface area contributed by atoms with Crippen molar-refractivity contribution in [1.29, 1.82) is 0 Å². The summed E-state index contributed by atoms with van der Waals surface area (Å²) in [5, 5.41) is 15.2. The van der Waals surface area contributed by atoms with Crippen molar-refractivity contribution in [3.8, 4) is 17.0 Å². The standard InChI is InChI=1S/C21H16F3N5O2S/c1-31-17-9-5-2-6-13(17)15-10-11-18-26-27-20(29(18)28-15)32-12-19(30)25-16-8-4-3-7-14(16)21(22,23)24/h2-11H,12H2,1H3,(H,25,30). The number of halogens is 3. The lowest BCUT2D eigenvalue weighted by molar-refractivity contribution is -0.137. The van der Waals surface area contributed by atoms with Crippen molar-refractivity contribution in [2.75, 3.05) is 18.2 Å². The van der Waals surface area contributed by atoms with Crippen LogP contribution in [0.25, 0.3) is 16.9 Å². The highest BCUT2D eigenvalue weighted by Crippen LogP contribution is 2.34. The summed E-state index contributed by atoms with van der Waals surface area (Å²) in [7, 11) is 1.56. The molecule has 2 aromatic carbocycles. The van der Waals surface area contributed by atoms with E-state index in [2.05, 4.69) is 20.6 Å². The number of rotatable bonds is 6. The summed E-state index contributed by atoms with van der Waals surface area (Å²) in [4.78, 5) is 12.3. The summed E-state index contributed by atoms with van der Waals surface area (Å²) in [6.45, 7) is 0. The maximum atomic E-state index is 13.1. The molecular formula is C21H16F3N5O2S. The predicted molar refractivity (Wildman–Crippen MR) is 114 cm³/mol. The van der Waals surface area contributed by atoms with Crippen LogP contribution in [0.2, 0.25) is 0 Å². The van der Waals surface area contributed by atoms with Crippen LogP contribution in [0.15, 0.2) is 65.8 Å². The van der Waals surface area contributed by atoms with Gasteiger partial charge in [0.2, 0.25) is 11.1 Å². The molecule has 4 rings (SSSR count). The van der Waals surface area contributed by atoms with Gasteiger partial charge in [0.1, 0.15) is 5.75 Å². The molecule has 0 aliphatic rings. The second kappa shape index (κ2) is 8.87. The molecule has 32 heavy (non-hydrogen) atoms. The molecule has 0 aliphatic carbocycles. The minimum atomic E-state index is -4.57. The Morgan fingerprint density at radius 2 is 1.81 bits per heavy atom. The van der Waals surface area contributed by atoms with Gasteiger partial charge in [-0.05, 0) is 36.4 Å². The van der Waals surface area contributed by atoms with Gasteiger partial charge in [0.25, 0.3) is 0 Å². The van der Waals surface area contributed by atoms with Crippen molar-refractivity contribution in [3.05, 3.63) is 66.2 Å². The average Bonchev–Trinajstić information content (AvgIpc) is 3.19. The first kappa shape index (κ1) is 21.6. The van der Waals surface area contributed by atoms with E-state index in [1.54, 1.807) is 19.2 Å². The van der Waals surface area contributed by atoms with Crippen LogP contribution in [0.5, 0.6) is 5.75 Å². The molecule has 1 N–H and O–H groups in total. The van der Waals surface area contributed by atoms with Gasteiger partial charge in [0.15, 0.2) is 5.65 Å². The quantitative estimate of drug-likeness (QED) is 0.426. The van der Waals surface area contributed by atoms with Crippen molar-refractivity contribution >= 4 is 29.0 Å². The van der Waals surface area contributed by atoms with Gasteiger partial charge in [-0.15, -0.1) is 10.2 Å². The lowest BCUT2D eigenvalue weighted by atomic mass is 10.1. The van der Waals surface area contributed by atoms with Gasteiger partial charge in [-0.3, -0.25) is 4.79 Å². The van der Waals surface area contributed by atoms with E-state index in [1.807, 2.05) is 24.3 Å². The molecule has 2 heterocycles. The first-order chi connectivity index (χ1) is 15.4. The third kappa shape index (κ3) is 4.52. The van der Waals surface area contributed by atoms with Crippen molar-refractivity contribution in [3.63, 3.8) is 0 Å². The van der Waals surface area contributed by atoms with Crippen LogP contribution in [0, 0.1) is 0 Å². The fourth-order valence-corrected chi connectivity index (χ4v) is 3.70. The molecule has 0 bridgehead atoms. The van der Waals surface area contributed by atoms with Gasteiger partial charge in [-0.1, -0.05) is 36.0 Å². The number of amides is 1. The molecule has 164 valence electrons. The van der Waals surface area contributed by atoms with Crippen molar-refractivity contribution in [2.24, 2.45) is 0 Å². The zero-order valence-corrected chi connectivity index (χ0v) is 17.4. The van der Waals surface area contributed by atoms with Gasteiger partial charge in [-0.25, -0.2) is 0 Å². The number of nitrogens with one attached hydrogen (secondary N) is 1. The average molecular weight is 459 g/mol. The molecule has 11 heteroatoms. The summed E-state index contributed by atoms with van der Waals surface area (Å²) >= 11 is 1.01. The number of para-hydroxylation sites is 2. The normalized spacial score (nSPS) is 11.5. The van der Waals surface area contributed by atoms with Crippen LogP contribution in [-0.4, -0.2) is 38.6 Å². The van der Waals surface area contributed by atoms with Gasteiger partial charge in [0.05, 0.1) is 29.8 Å². The topological polar surface area (TPSA) is 81.4 Å². The number of benzene rings is 2. The minimum Gasteiger partial charge on any atom is -0.496 e. The van der Waals surface area contributed by atoms with E-state index in [-0.39, 0.29) is 11.4 Å². The summed E-state index contributed by atoms with van der Waals surface area (Å²) in [6.07, 6.45) is -4.57. The van der Waals surface area contributed by atoms with Crippen LogP contribution < -0.4 is 10.1 Å². The fraction of sp³-hybridized carbons (Fsp3) is 0.143. The van der Waals surface area contributed by atoms with Crippen LogP contribution in [0.4, 0.5) is 18.9 Å². The second-order valence-electron chi connectivity index (χ2n) is 6.55. The number of ether oxygens (including phenoxy) is 1. The van der Waals surface area contributed by atoms with Crippen molar-refractivity contribution in [2.45, 2.75) is 11.3 Å². The number of anilines is 1. The Morgan fingerprint density at radius 1 is 1.06 bits per heavy atom. The summed E-state index contributed by atoms with van der Waals surface area (Å²) in [5.41, 5.74) is 0.639. The van der Waals surface area contributed by atoms with E-state index in [0.29, 0.717) is 22.2 Å². The number of hydrogen-bond donors (Lipinski definition) is 1. The van der Waals surface area contributed by atoms with Crippen LogP contribution >= 0.6 is 11.8 Å². The van der Waals surface area contributed by atoms with Gasteiger partial charge in [0, 0.05) is 5.56 Å². The molecule has 0 unspecified atom stereocenters. The molecule has 0 saturated heterocycles. The Hall–Kier alpha value is -3.60. The van der Waals surface area contributed by atoms with E-state index in [9.17, 15) is 18.0 Å². The zero-order valence-electron chi connectivity index (χ0n) is 16.6. The van der Waals surface area contributed by atoms with E-state index < -0.39 is 17.6 Å². The molecule has 4 aromatic rings. The molecule has 0 radical (unpaired) electrons. The molecule has 1 amide bonds. The number of methoxy groups -OCH3 is 1. The lowest BCUT2D eigenvalue weighted by Crippen LogP contribution is -2.18. The number of nitrogens with zero attached hydrogens (tertiary/aromatic N) is 4. The van der Waals surface area contributed by atoms with Gasteiger partial charge in [-0.2, -0.15) is 22.8 Å². The van der Waals surface area contributed by atoms with Crippen LogP contribution in [-0.2, 0) is 11.0 Å². The summed E-state index contributed by atoms with van der Waals surface area (Å²) in [5.74, 6) is -0.137. The number of thioether (sulfide) groups is 1. The number of carbonyl (C=O) groups is 1. The molecule has 2 aromatic heterocycles. The Kier molecular flexibility index (Phi) is 5.99. The van der Waals surface area contributed by atoms with E-state index >= 15 is 0 Å².